The Morgan fingerprint density at radius 1 is 1.26 bits per heavy atom. The molecule has 2 N–H and O–H groups in total. The van der Waals surface area contributed by atoms with Crippen LogP contribution in [0.3, 0.4) is 0 Å². The van der Waals surface area contributed by atoms with Gasteiger partial charge in [-0.15, -0.1) is 0 Å². The molecule has 182 valence electrons. The summed E-state index contributed by atoms with van der Waals surface area (Å²) in [5.41, 5.74) is 1.30. The number of aliphatic hydroxyl groups is 1. The van der Waals surface area contributed by atoms with E-state index >= 15 is 0 Å². The fourth-order valence-electron chi connectivity index (χ4n) is 5.02. The highest BCUT2D eigenvalue weighted by molar-refractivity contribution is 6.32. The summed E-state index contributed by atoms with van der Waals surface area (Å²) in [7, 11) is 1.47. The number of hydrogen-bond donors (Lipinski definition) is 2. The van der Waals surface area contributed by atoms with Gasteiger partial charge in [-0.05, 0) is 56.5 Å². The van der Waals surface area contributed by atoms with E-state index in [4.69, 9.17) is 16.3 Å². The number of halogens is 3. The van der Waals surface area contributed by atoms with E-state index < -0.39 is 12.5 Å². The van der Waals surface area contributed by atoms with Gasteiger partial charge in [-0.25, -0.2) is 18.7 Å². The number of ether oxygens (including phenoxy) is 1. The first-order chi connectivity index (χ1) is 16.3. The molecule has 0 amide bonds. The molecule has 8 nitrogen and oxygen atoms in total. The molecule has 2 fully saturated rings. The van der Waals surface area contributed by atoms with Crippen molar-refractivity contribution in [3.63, 3.8) is 0 Å². The lowest BCUT2D eigenvalue weighted by atomic mass is 9.85. The Kier molecular flexibility index (Phi) is 6.18. The Morgan fingerprint density at radius 2 is 2.03 bits per heavy atom. The summed E-state index contributed by atoms with van der Waals surface area (Å²) in [5.74, 6) is 0.472. The molecule has 2 aliphatic heterocycles. The highest BCUT2D eigenvalue weighted by Gasteiger charge is 2.45. The normalized spacial score (nSPS) is 24.4. The largest absolute Gasteiger partial charge is 0.389 e. The molecule has 3 aromatic rings. The average Bonchev–Trinajstić information content (AvgIpc) is 3.35. The van der Waals surface area contributed by atoms with Crippen LogP contribution in [0.25, 0.3) is 10.9 Å². The van der Waals surface area contributed by atoms with Crippen LogP contribution in [0.4, 0.5) is 20.4 Å². The van der Waals surface area contributed by atoms with E-state index in [1.54, 1.807) is 6.20 Å². The highest BCUT2D eigenvalue weighted by atomic mass is 35.5. The molecule has 0 radical (unpaired) electrons. The quantitative estimate of drug-likeness (QED) is 0.556. The first kappa shape index (κ1) is 23.3. The third-order valence-electron chi connectivity index (χ3n) is 7.18. The van der Waals surface area contributed by atoms with E-state index in [0.29, 0.717) is 23.8 Å². The molecule has 11 heteroatoms. The highest BCUT2D eigenvalue weighted by Crippen LogP contribution is 2.38. The Hall–Kier alpha value is -2.40. The SMILES string of the molecule is Cn1ncc(Nc2ncc3cc(Cl)c(C4CCN([C@]5(C)COCC5O)CC4)cc3n2)c1C(F)F. The van der Waals surface area contributed by atoms with Crippen LogP contribution >= 0.6 is 11.6 Å². The van der Waals surface area contributed by atoms with Crippen molar-refractivity contribution in [2.45, 2.75) is 43.8 Å². The van der Waals surface area contributed by atoms with Crippen LogP contribution < -0.4 is 5.32 Å². The molecule has 0 aliphatic carbocycles. The van der Waals surface area contributed by atoms with Crippen LogP contribution in [0.1, 0.15) is 43.4 Å². The summed E-state index contributed by atoms with van der Waals surface area (Å²) >= 11 is 6.64. The zero-order chi connectivity index (χ0) is 24.0. The number of nitrogens with zero attached hydrogens (tertiary/aromatic N) is 5. The standard InChI is InChI=1S/C23H27ClF2N6O2/c1-23(12-34-11-19(23)33)32-5-3-13(4-6-32)15-8-17-14(7-16(15)24)9-27-22(29-17)30-18-10-28-31(2)20(18)21(25)26/h7-10,13,19,21,33H,3-6,11-12H2,1-2H3,(H,27,29,30)/t19?,23-/m1/s1. The molecular formula is C23H27ClF2N6O2. The summed E-state index contributed by atoms with van der Waals surface area (Å²) in [4.78, 5) is 11.1. The minimum Gasteiger partial charge on any atom is -0.389 e. The molecular weight excluding hydrogens is 466 g/mol. The lowest BCUT2D eigenvalue weighted by Crippen LogP contribution is -2.56. The number of fused-ring (bicyclic) bond motifs is 1. The molecule has 2 saturated heterocycles. The second-order valence-corrected chi connectivity index (χ2v) is 9.68. The Morgan fingerprint density at radius 3 is 2.71 bits per heavy atom. The molecule has 5 rings (SSSR count). The van der Waals surface area contributed by atoms with Gasteiger partial charge in [0, 0.05) is 23.7 Å². The summed E-state index contributed by atoms with van der Waals surface area (Å²) in [6.45, 7) is 4.64. The van der Waals surface area contributed by atoms with Crippen molar-refractivity contribution in [2.75, 3.05) is 31.6 Å². The van der Waals surface area contributed by atoms with Crippen molar-refractivity contribution in [1.29, 1.82) is 0 Å². The van der Waals surface area contributed by atoms with Crippen molar-refractivity contribution in [3.05, 3.63) is 40.8 Å². The van der Waals surface area contributed by atoms with E-state index in [0.717, 1.165) is 41.6 Å². The second kappa shape index (κ2) is 8.99. The predicted molar refractivity (Wildman–Crippen MR) is 125 cm³/mol. The number of piperidine rings is 1. The van der Waals surface area contributed by atoms with Gasteiger partial charge in [-0.3, -0.25) is 9.58 Å². The zero-order valence-electron chi connectivity index (χ0n) is 19.0. The molecule has 0 saturated carbocycles. The van der Waals surface area contributed by atoms with E-state index in [-0.39, 0.29) is 28.8 Å². The number of alkyl halides is 2. The molecule has 1 unspecified atom stereocenters. The Labute approximate surface area is 200 Å². The third-order valence-corrected chi connectivity index (χ3v) is 7.51. The average molecular weight is 493 g/mol. The smallest absolute Gasteiger partial charge is 0.282 e. The lowest BCUT2D eigenvalue weighted by molar-refractivity contribution is -0.00211. The summed E-state index contributed by atoms with van der Waals surface area (Å²) < 4.78 is 33.4. The van der Waals surface area contributed by atoms with Crippen molar-refractivity contribution >= 4 is 34.1 Å². The van der Waals surface area contributed by atoms with Gasteiger partial charge in [0.05, 0.1) is 42.3 Å². The maximum absolute atomic E-state index is 13.4. The van der Waals surface area contributed by atoms with Gasteiger partial charge in [-0.1, -0.05) is 11.6 Å². The number of aliphatic hydroxyl groups excluding tert-OH is 1. The van der Waals surface area contributed by atoms with Crippen LogP contribution in [0.2, 0.25) is 5.02 Å². The van der Waals surface area contributed by atoms with Crippen molar-refractivity contribution < 1.29 is 18.6 Å². The molecule has 0 spiro atoms. The van der Waals surface area contributed by atoms with Gasteiger partial charge in [-0.2, -0.15) is 5.10 Å². The van der Waals surface area contributed by atoms with Gasteiger partial charge in [0.1, 0.15) is 5.69 Å². The van der Waals surface area contributed by atoms with Gasteiger partial charge >= 0.3 is 0 Å². The monoisotopic (exact) mass is 492 g/mol. The van der Waals surface area contributed by atoms with Crippen LogP contribution in [-0.4, -0.2) is 67.7 Å². The van der Waals surface area contributed by atoms with E-state index in [1.807, 2.05) is 12.1 Å². The minimum atomic E-state index is -2.68. The maximum atomic E-state index is 13.4. The first-order valence-electron chi connectivity index (χ1n) is 11.3. The number of rotatable bonds is 5. The fraction of sp³-hybridized carbons (Fsp3) is 0.522. The first-order valence-corrected chi connectivity index (χ1v) is 11.7. The van der Waals surface area contributed by atoms with Crippen molar-refractivity contribution in [1.82, 2.24) is 24.6 Å². The molecule has 1 aromatic carbocycles. The van der Waals surface area contributed by atoms with Crippen LogP contribution in [0.5, 0.6) is 0 Å². The van der Waals surface area contributed by atoms with Crippen LogP contribution in [-0.2, 0) is 11.8 Å². The van der Waals surface area contributed by atoms with Crippen LogP contribution in [0, 0.1) is 0 Å². The van der Waals surface area contributed by atoms with Crippen molar-refractivity contribution in [2.24, 2.45) is 7.05 Å². The zero-order valence-corrected chi connectivity index (χ0v) is 19.8. The van der Waals surface area contributed by atoms with Gasteiger partial charge in [0.15, 0.2) is 0 Å². The number of benzene rings is 1. The van der Waals surface area contributed by atoms with E-state index in [9.17, 15) is 13.9 Å². The lowest BCUT2D eigenvalue weighted by Gasteiger charge is -2.43. The van der Waals surface area contributed by atoms with Gasteiger partial charge in [0.25, 0.3) is 6.43 Å². The summed E-state index contributed by atoms with van der Waals surface area (Å²) in [6.07, 6.45) is 1.60. The number of anilines is 2. The van der Waals surface area contributed by atoms with E-state index in [1.165, 1.54) is 13.2 Å². The number of nitrogens with one attached hydrogen (secondary N) is 1. The number of hydrogen-bond acceptors (Lipinski definition) is 7. The van der Waals surface area contributed by atoms with E-state index in [2.05, 4.69) is 32.2 Å². The van der Waals surface area contributed by atoms with Crippen LogP contribution in [0.15, 0.2) is 24.5 Å². The second-order valence-electron chi connectivity index (χ2n) is 9.27. The van der Waals surface area contributed by atoms with Gasteiger partial charge in [0.2, 0.25) is 5.95 Å². The maximum Gasteiger partial charge on any atom is 0.282 e. The molecule has 34 heavy (non-hydrogen) atoms. The summed E-state index contributed by atoms with van der Waals surface area (Å²) in [5, 5.41) is 18.6. The predicted octanol–water partition coefficient (Wildman–Crippen LogP) is 4.03. The molecule has 2 aromatic heterocycles. The number of aromatic nitrogens is 4. The van der Waals surface area contributed by atoms with Gasteiger partial charge < -0.3 is 15.2 Å². The molecule has 2 aliphatic rings. The topological polar surface area (TPSA) is 88.3 Å². The number of likely N-dealkylation sites (tertiary alicyclic amines) is 1. The molecule has 2 atom stereocenters. The number of aryl methyl sites for hydroxylation is 1. The molecule has 0 bridgehead atoms. The Bertz CT molecular complexity index is 1200. The fourth-order valence-corrected chi connectivity index (χ4v) is 5.35. The third kappa shape index (κ3) is 4.13. The summed E-state index contributed by atoms with van der Waals surface area (Å²) in [6, 6.07) is 3.82. The minimum absolute atomic E-state index is 0.171. The molecule has 4 heterocycles. The van der Waals surface area contributed by atoms with Crippen molar-refractivity contribution in [3.8, 4) is 0 Å². The Balaban J connectivity index is 1.36.